The summed E-state index contributed by atoms with van der Waals surface area (Å²) in [6.45, 7) is 0. The quantitative estimate of drug-likeness (QED) is 0.666. The van der Waals surface area contributed by atoms with Gasteiger partial charge in [0.05, 0.1) is 11.8 Å². The maximum absolute atomic E-state index is 10.2. The first-order chi connectivity index (χ1) is 4.70. The zero-order chi connectivity index (χ0) is 7.56. The molecule has 0 bridgehead atoms. The molecule has 0 saturated heterocycles. The summed E-state index contributed by atoms with van der Waals surface area (Å²) in [6.07, 6.45) is 2.34. The molecule has 0 spiro atoms. The van der Waals surface area contributed by atoms with E-state index in [9.17, 15) is 4.79 Å². The first kappa shape index (κ1) is 9.71. The summed E-state index contributed by atoms with van der Waals surface area (Å²) < 4.78 is 0. The third-order valence-corrected chi connectivity index (χ3v) is 0.971. The van der Waals surface area contributed by atoms with Crippen LogP contribution in [0.1, 0.15) is 10.4 Å². The van der Waals surface area contributed by atoms with E-state index in [-0.39, 0.29) is 23.7 Å². The van der Waals surface area contributed by atoms with Gasteiger partial charge in [-0.3, -0.25) is 4.98 Å². The number of hydrogen-bond acceptors (Lipinski definition) is 3. The van der Waals surface area contributed by atoms with Gasteiger partial charge in [0.1, 0.15) is 5.75 Å². The van der Waals surface area contributed by atoms with Crippen LogP contribution in [0.15, 0.2) is 18.5 Å². The summed E-state index contributed by atoms with van der Waals surface area (Å²) in [5.41, 5.74) is -0.0139. The van der Waals surface area contributed by atoms with Crippen LogP contribution >= 0.6 is 12.4 Å². The third kappa shape index (κ3) is 2.43. The predicted octanol–water partition coefficient (Wildman–Crippen LogP) is 0.907. The van der Waals surface area contributed by atoms with Gasteiger partial charge < -0.3 is 10.2 Å². The van der Waals surface area contributed by atoms with Crippen molar-refractivity contribution in [2.45, 2.75) is 0 Å². The second-order valence-electron chi connectivity index (χ2n) is 1.74. The van der Waals surface area contributed by atoms with Crippen molar-refractivity contribution >= 4 is 18.4 Å². The van der Waals surface area contributed by atoms with Gasteiger partial charge in [-0.05, 0) is 6.07 Å². The molecule has 4 nitrogen and oxygen atoms in total. The molecule has 60 valence electrons. The number of aromatic carboxylic acids is 1. The standard InChI is InChI=1S/C6H5NO3.ClH/c8-5-1-4(6(9)10)2-7-3-5;/h1-3,8H,(H,9,10);1H. The van der Waals surface area contributed by atoms with Gasteiger partial charge in [-0.1, -0.05) is 0 Å². The van der Waals surface area contributed by atoms with Crippen LogP contribution in [0.2, 0.25) is 0 Å². The van der Waals surface area contributed by atoms with Crippen molar-refractivity contribution in [3.05, 3.63) is 24.0 Å². The maximum atomic E-state index is 10.2. The summed E-state index contributed by atoms with van der Waals surface area (Å²) >= 11 is 0. The smallest absolute Gasteiger partial charge is 0.337 e. The number of pyridine rings is 1. The Bertz CT molecular complexity index is 264. The van der Waals surface area contributed by atoms with Gasteiger partial charge in [0.2, 0.25) is 0 Å². The molecule has 1 aromatic rings. The Morgan fingerprint density at radius 2 is 2.09 bits per heavy atom. The van der Waals surface area contributed by atoms with E-state index in [1.165, 1.54) is 12.4 Å². The first-order valence-electron chi connectivity index (χ1n) is 2.57. The molecule has 0 radical (unpaired) electrons. The minimum atomic E-state index is -1.09. The van der Waals surface area contributed by atoms with E-state index in [4.69, 9.17) is 10.2 Å². The number of aromatic hydroxyl groups is 1. The minimum absolute atomic E-state index is 0. The monoisotopic (exact) mass is 175 g/mol. The van der Waals surface area contributed by atoms with E-state index in [1.807, 2.05) is 0 Å². The van der Waals surface area contributed by atoms with Gasteiger partial charge in [0.15, 0.2) is 0 Å². The normalized spacial score (nSPS) is 8.36. The lowest BCUT2D eigenvalue weighted by atomic mass is 10.3. The first-order valence-corrected chi connectivity index (χ1v) is 2.57. The molecular formula is C6H6ClNO3. The fraction of sp³-hybridized carbons (Fsp3) is 0. The molecule has 5 heteroatoms. The zero-order valence-electron chi connectivity index (χ0n) is 5.39. The summed E-state index contributed by atoms with van der Waals surface area (Å²) in [6, 6.07) is 1.13. The van der Waals surface area contributed by atoms with E-state index in [0.717, 1.165) is 6.07 Å². The van der Waals surface area contributed by atoms with Crippen LogP contribution in [-0.4, -0.2) is 21.2 Å². The Hall–Kier alpha value is -1.29. The minimum Gasteiger partial charge on any atom is -0.506 e. The molecular weight excluding hydrogens is 170 g/mol. The average Bonchev–Trinajstić information content (AvgIpc) is 1.88. The number of nitrogens with zero attached hydrogens (tertiary/aromatic N) is 1. The number of rotatable bonds is 1. The molecule has 0 unspecified atom stereocenters. The van der Waals surface area contributed by atoms with Crippen LogP contribution in [0.25, 0.3) is 0 Å². The fourth-order valence-corrected chi connectivity index (χ4v) is 0.545. The van der Waals surface area contributed by atoms with E-state index in [0.29, 0.717) is 0 Å². The molecule has 0 fully saturated rings. The number of halogens is 1. The zero-order valence-corrected chi connectivity index (χ0v) is 6.21. The molecule has 0 atom stereocenters. The lowest BCUT2D eigenvalue weighted by Crippen LogP contribution is -1.95. The van der Waals surface area contributed by atoms with Gasteiger partial charge in [0, 0.05) is 6.20 Å². The topological polar surface area (TPSA) is 70.4 Å². The maximum Gasteiger partial charge on any atom is 0.337 e. The number of carboxylic acids is 1. The molecule has 1 rings (SSSR count). The van der Waals surface area contributed by atoms with Crippen molar-refractivity contribution < 1.29 is 15.0 Å². The van der Waals surface area contributed by atoms with Crippen molar-refractivity contribution in [3.8, 4) is 5.75 Å². The number of hydrogen-bond donors (Lipinski definition) is 2. The van der Waals surface area contributed by atoms with E-state index in [2.05, 4.69) is 4.98 Å². The van der Waals surface area contributed by atoms with Crippen LogP contribution in [0.4, 0.5) is 0 Å². The highest BCUT2D eigenvalue weighted by Gasteiger charge is 2.01. The van der Waals surface area contributed by atoms with Crippen LogP contribution in [-0.2, 0) is 0 Å². The molecule has 1 aromatic heterocycles. The molecule has 0 aliphatic rings. The van der Waals surface area contributed by atoms with Crippen molar-refractivity contribution in [1.82, 2.24) is 4.98 Å². The Balaban J connectivity index is 0.000001000. The number of aromatic nitrogens is 1. The number of carboxylic acid groups (broad SMARTS) is 1. The third-order valence-electron chi connectivity index (χ3n) is 0.971. The molecule has 0 amide bonds. The van der Waals surface area contributed by atoms with E-state index >= 15 is 0 Å². The average molecular weight is 176 g/mol. The molecule has 0 aromatic carbocycles. The molecule has 0 aliphatic carbocycles. The Labute approximate surface area is 68.9 Å². The fourth-order valence-electron chi connectivity index (χ4n) is 0.545. The molecule has 2 N–H and O–H groups in total. The van der Waals surface area contributed by atoms with Crippen LogP contribution in [0, 0.1) is 0 Å². The second kappa shape index (κ2) is 3.78. The van der Waals surface area contributed by atoms with Crippen molar-refractivity contribution in [2.24, 2.45) is 0 Å². The van der Waals surface area contributed by atoms with E-state index < -0.39 is 5.97 Å². The summed E-state index contributed by atoms with van der Waals surface area (Å²) in [5.74, 6) is -1.23. The summed E-state index contributed by atoms with van der Waals surface area (Å²) in [4.78, 5) is 13.7. The van der Waals surface area contributed by atoms with Crippen molar-refractivity contribution in [3.63, 3.8) is 0 Å². The van der Waals surface area contributed by atoms with Crippen LogP contribution in [0.5, 0.6) is 5.75 Å². The largest absolute Gasteiger partial charge is 0.506 e. The molecule has 0 aliphatic heterocycles. The van der Waals surface area contributed by atoms with Crippen LogP contribution < -0.4 is 0 Å². The summed E-state index contributed by atoms with van der Waals surface area (Å²) in [7, 11) is 0. The van der Waals surface area contributed by atoms with Gasteiger partial charge in [-0.2, -0.15) is 0 Å². The molecule has 1 heterocycles. The Morgan fingerprint density at radius 3 is 2.45 bits per heavy atom. The Morgan fingerprint density at radius 1 is 1.45 bits per heavy atom. The lowest BCUT2D eigenvalue weighted by molar-refractivity contribution is 0.0696. The predicted molar refractivity (Wildman–Crippen MR) is 40.1 cm³/mol. The molecule has 11 heavy (non-hydrogen) atoms. The van der Waals surface area contributed by atoms with Gasteiger partial charge >= 0.3 is 5.97 Å². The highest BCUT2D eigenvalue weighted by Crippen LogP contribution is 2.07. The molecule has 0 saturated carbocycles. The number of carbonyl (C=O) groups is 1. The lowest BCUT2D eigenvalue weighted by Gasteiger charge is -1.92. The van der Waals surface area contributed by atoms with Gasteiger partial charge in [-0.25, -0.2) is 4.79 Å². The second-order valence-corrected chi connectivity index (χ2v) is 1.74. The van der Waals surface area contributed by atoms with Gasteiger partial charge in [-0.15, -0.1) is 12.4 Å². The highest BCUT2D eigenvalue weighted by molar-refractivity contribution is 5.87. The van der Waals surface area contributed by atoms with E-state index in [1.54, 1.807) is 0 Å². The Kier molecular flexibility index (Phi) is 3.33. The summed E-state index contributed by atoms with van der Waals surface area (Å²) in [5, 5.41) is 17.1. The van der Waals surface area contributed by atoms with Crippen molar-refractivity contribution in [1.29, 1.82) is 0 Å². The SMILES string of the molecule is Cl.O=C(O)c1cncc(O)c1. The van der Waals surface area contributed by atoms with Crippen molar-refractivity contribution in [2.75, 3.05) is 0 Å². The van der Waals surface area contributed by atoms with Crippen LogP contribution in [0.3, 0.4) is 0 Å². The van der Waals surface area contributed by atoms with Gasteiger partial charge in [0.25, 0.3) is 0 Å². The highest BCUT2D eigenvalue weighted by atomic mass is 35.5.